The Labute approximate surface area is 179 Å². The van der Waals surface area contributed by atoms with Gasteiger partial charge in [0.25, 0.3) is 5.91 Å². The zero-order chi connectivity index (χ0) is 20.6. The first kappa shape index (κ1) is 20.7. The van der Waals surface area contributed by atoms with Crippen LogP contribution in [0.2, 0.25) is 10.0 Å². The van der Waals surface area contributed by atoms with Crippen LogP contribution in [0.3, 0.4) is 0 Å². The van der Waals surface area contributed by atoms with Crippen LogP contribution >= 0.6 is 23.2 Å². The number of nitrogens with zero attached hydrogens (tertiary/aromatic N) is 1. The van der Waals surface area contributed by atoms with Gasteiger partial charge in [-0.25, -0.2) is 0 Å². The second kappa shape index (κ2) is 9.97. The van der Waals surface area contributed by atoms with Gasteiger partial charge in [-0.2, -0.15) is 5.26 Å². The zero-order valence-electron chi connectivity index (χ0n) is 15.5. The molecule has 0 radical (unpaired) electrons. The highest BCUT2D eigenvalue weighted by molar-refractivity contribution is 6.36. The highest BCUT2D eigenvalue weighted by Gasteiger charge is 2.12. The Hall–Kier alpha value is -3.00. The molecule has 1 aromatic heterocycles. The Morgan fingerprint density at radius 3 is 2.62 bits per heavy atom. The lowest BCUT2D eigenvalue weighted by molar-refractivity contribution is -0.117. The highest BCUT2D eigenvalue weighted by atomic mass is 35.5. The van der Waals surface area contributed by atoms with Crippen LogP contribution in [0, 0.1) is 11.3 Å². The molecule has 0 saturated carbocycles. The number of hydrogen-bond acceptors (Lipinski definition) is 3. The Balaban J connectivity index is 1.61. The average molecular weight is 425 g/mol. The van der Waals surface area contributed by atoms with Gasteiger partial charge in [0.2, 0.25) is 0 Å². The van der Waals surface area contributed by atoms with Crippen LogP contribution in [-0.4, -0.2) is 12.5 Å². The van der Waals surface area contributed by atoms with Crippen molar-refractivity contribution >= 4 is 35.2 Å². The van der Waals surface area contributed by atoms with Crippen molar-refractivity contribution < 1.29 is 9.21 Å². The molecule has 0 fully saturated rings. The zero-order valence-corrected chi connectivity index (χ0v) is 17.0. The summed E-state index contributed by atoms with van der Waals surface area (Å²) in [5.41, 5.74) is 1.87. The van der Waals surface area contributed by atoms with Crippen LogP contribution in [0.25, 0.3) is 17.4 Å². The van der Waals surface area contributed by atoms with Crippen molar-refractivity contribution in [3.63, 3.8) is 0 Å². The van der Waals surface area contributed by atoms with Gasteiger partial charge in [0.15, 0.2) is 0 Å². The summed E-state index contributed by atoms with van der Waals surface area (Å²) in [5, 5.41) is 13.1. The second-order valence-corrected chi connectivity index (χ2v) is 7.18. The average Bonchev–Trinajstić information content (AvgIpc) is 3.18. The van der Waals surface area contributed by atoms with Crippen LogP contribution in [0.15, 0.2) is 70.7 Å². The van der Waals surface area contributed by atoms with Gasteiger partial charge < -0.3 is 9.73 Å². The molecule has 0 atom stereocenters. The first-order valence-corrected chi connectivity index (χ1v) is 9.81. The van der Waals surface area contributed by atoms with Crippen molar-refractivity contribution in [3.8, 4) is 17.4 Å². The van der Waals surface area contributed by atoms with E-state index in [0.29, 0.717) is 33.7 Å². The van der Waals surface area contributed by atoms with Crippen molar-refractivity contribution in [1.29, 1.82) is 5.26 Å². The van der Waals surface area contributed by atoms with Crippen molar-refractivity contribution in [2.45, 2.75) is 12.8 Å². The minimum atomic E-state index is -0.428. The standard InChI is InChI=1S/C23H18Cl2N2O2/c24-18-8-10-20(21(25)14-18)22-11-9-19(29-22)13-17(15-26)23(28)27-12-4-7-16-5-2-1-3-6-16/h1-3,5-6,8-11,13-14H,4,7,12H2,(H,27,28)/b17-13+. The number of carbonyl (C=O) groups is 1. The molecule has 146 valence electrons. The maximum Gasteiger partial charge on any atom is 0.262 e. The van der Waals surface area contributed by atoms with Gasteiger partial charge in [-0.1, -0.05) is 53.5 Å². The van der Waals surface area contributed by atoms with E-state index < -0.39 is 5.91 Å². The Morgan fingerprint density at radius 1 is 1.10 bits per heavy atom. The Morgan fingerprint density at radius 2 is 1.90 bits per heavy atom. The summed E-state index contributed by atoms with van der Waals surface area (Å²) < 4.78 is 5.72. The maximum absolute atomic E-state index is 12.3. The van der Waals surface area contributed by atoms with Gasteiger partial charge in [0.05, 0.1) is 5.02 Å². The molecule has 0 aliphatic heterocycles. The van der Waals surface area contributed by atoms with Crippen LogP contribution in [0.1, 0.15) is 17.7 Å². The van der Waals surface area contributed by atoms with Crippen molar-refractivity contribution in [1.82, 2.24) is 5.32 Å². The van der Waals surface area contributed by atoms with Crippen LogP contribution in [0.5, 0.6) is 0 Å². The molecule has 0 saturated heterocycles. The number of hydrogen-bond donors (Lipinski definition) is 1. The van der Waals surface area contributed by atoms with Crippen molar-refractivity contribution in [3.05, 3.63) is 87.6 Å². The smallest absolute Gasteiger partial charge is 0.262 e. The lowest BCUT2D eigenvalue weighted by atomic mass is 10.1. The highest BCUT2D eigenvalue weighted by Crippen LogP contribution is 2.31. The molecule has 6 heteroatoms. The Kier molecular flexibility index (Phi) is 7.13. The predicted octanol–water partition coefficient (Wildman–Crippen LogP) is 5.91. The number of nitrogens with one attached hydrogen (secondary N) is 1. The molecule has 0 unspecified atom stereocenters. The van der Waals surface area contributed by atoms with Crippen LogP contribution < -0.4 is 5.32 Å². The molecule has 0 bridgehead atoms. The van der Waals surface area contributed by atoms with Gasteiger partial charge in [-0.3, -0.25) is 4.79 Å². The van der Waals surface area contributed by atoms with E-state index in [0.717, 1.165) is 12.8 Å². The SMILES string of the molecule is N#C/C(=C\c1ccc(-c2ccc(Cl)cc2Cl)o1)C(=O)NCCCc1ccccc1. The molecular formula is C23H18Cl2N2O2. The largest absolute Gasteiger partial charge is 0.457 e. The number of rotatable bonds is 7. The first-order valence-electron chi connectivity index (χ1n) is 9.06. The summed E-state index contributed by atoms with van der Waals surface area (Å²) in [6, 6.07) is 20.5. The number of nitriles is 1. The summed E-state index contributed by atoms with van der Waals surface area (Å²) in [4.78, 5) is 12.3. The van der Waals surface area contributed by atoms with E-state index in [1.807, 2.05) is 36.4 Å². The van der Waals surface area contributed by atoms with E-state index in [1.165, 1.54) is 11.6 Å². The molecular weight excluding hydrogens is 407 g/mol. The summed E-state index contributed by atoms with van der Waals surface area (Å²) in [6.45, 7) is 0.483. The quantitative estimate of drug-likeness (QED) is 0.291. The number of benzene rings is 2. The van der Waals surface area contributed by atoms with E-state index >= 15 is 0 Å². The van der Waals surface area contributed by atoms with Gasteiger partial charge in [-0.15, -0.1) is 0 Å². The second-order valence-electron chi connectivity index (χ2n) is 6.34. The van der Waals surface area contributed by atoms with E-state index in [1.54, 1.807) is 30.3 Å². The third-order valence-electron chi connectivity index (χ3n) is 4.25. The molecule has 4 nitrogen and oxygen atoms in total. The molecule has 0 spiro atoms. The minimum absolute atomic E-state index is 0.0205. The topological polar surface area (TPSA) is 66.0 Å². The minimum Gasteiger partial charge on any atom is -0.457 e. The van der Waals surface area contributed by atoms with Crippen molar-refractivity contribution in [2.24, 2.45) is 0 Å². The number of carbonyl (C=O) groups excluding carboxylic acids is 1. The van der Waals surface area contributed by atoms with Gasteiger partial charge in [0.1, 0.15) is 23.2 Å². The molecule has 1 heterocycles. The first-order chi connectivity index (χ1) is 14.1. The lowest BCUT2D eigenvalue weighted by Gasteiger charge is -2.04. The van der Waals surface area contributed by atoms with E-state index in [9.17, 15) is 10.1 Å². The number of amides is 1. The number of furan rings is 1. The summed E-state index contributed by atoms with van der Waals surface area (Å²) in [6.07, 6.45) is 3.06. The third kappa shape index (κ3) is 5.74. The molecule has 2 aromatic carbocycles. The molecule has 1 amide bonds. The Bertz CT molecular complexity index is 1070. The fourth-order valence-electron chi connectivity index (χ4n) is 2.79. The van der Waals surface area contributed by atoms with Gasteiger partial charge in [0, 0.05) is 23.2 Å². The lowest BCUT2D eigenvalue weighted by Crippen LogP contribution is -2.25. The maximum atomic E-state index is 12.3. The molecule has 0 aliphatic carbocycles. The monoisotopic (exact) mass is 424 g/mol. The van der Waals surface area contributed by atoms with E-state index in [-0.39, 0.29) is 5.57 Å². The summed E-state index contributed by atoms with van der Waals surface area (Å²) in [5.74, 6) is 0.489. The fraction of sp³-hybridized carbons (Fsp3) is 0.130. The van der Waals surface area contributed by atoms with Crippen LogP contribution in [-0.2, 0) is 11.2 Å². The normalized spacial score (nSPS) is 11.1. The number of halogens is 2. The van der Waals surface area contributed by atoms with E-state index in [4.69, 9.17) is 27.6 Å². The third-order valence-corrected chi connectivity index (χ3v) is 4.79. The predicted molar refractivity (Wildman–Crippen MR) is 116 cm³/mol. The molecule has 29 heavy (non-hydrogen) atoms. The summed E-state index contributed by atoms with van der Waals surface area (Å²) >= 11 is 12.1. The van der Waals surface area contributed by atoms with Crippen molar-refractivity contribution in [2.75, 3.05) is 6.54 Å². The number of aryl methyl sites for hydroxylation is 1. The molecule has 3 aromatic rings. The van der Waals surface area contributed by atoms with Gasteiger partial charge >= 0.3 is 0 Å². The van der Waals surface area contributed by atoms with Gasteiger partial charge in [-0.05, 0) is 48.7 Å². The molecule has 0 aliphatic rings. The van der Waals surface area contributed by atoms with Crippen LogP contribution in [0.4, 0.5) is 0 Å². The summed E-state index contributed by atoms with van der Waals surface area (Å²) in [7, 11) is 0. The fourth-order valence-corrected chi connectivity index (χ4v) is 3.29. The molecule has 3 rings (SSSR count). The van der Waals surface area contributed by atoms with E-state index in [2.05, 4.69) is 5.32 Å². The molecule has 1 N–H and O–H groups in total.